The van der Waals surface area contributed by atoms with Crippen LogP contribution in [0.5, 0.6) is 0 Å². The molecule has 0 amide bonds. The van der Waals surface area contributed by atoms with Gasteiger partial charge in [-0.05, 0) is 37.1 Å². The fourth-order valence-corrected chi connectivity index (χ4v) is 7.02. The SMILES string of the molecule is O=S(=O)(c1cccc2nsnc12)N1CCCC1c1nc2ccccc2s1. The van der Waals surface area contributed by atoms with E-state index in [1.165, 1.54) is 0 Å². The summed E-state index contributed by atoms with van der Waals surface area (Å²) in [5.41, 5.74) is 1.99. The smallest absolute Gasteiger partial charge is 0.239 e. The highest BCUT2D eigenvalue weighted by Crippen LogP contribution is 2.40. The molecule has 4 aromatic rings. The Labute approximate surface area is 158 Å². The summed E-state index contributed by atoms with van der Waals surface area (Å²) in [6, 6.07) is 12.8. The second-order valence-electron chi connectivity index (χ2n) is 6.18. The molecule has 2 aromatic carbocycles. The fourth-order valence-electron chi connectivity index (χ4n) is 3.42. The van der Waals surface area contributed by atoms with E-state index in [2.05, 4.69) is 8.75 Å². The molecule has 6 nitrogen and oxygen atoms in total. The highest BCUT2D eigenvalue weighted by atomic mass is 32.2. The van der Waals surface area contributed by atoms with E-state index >= 15 is 0 Å². The normalized spacial score (nSPS) is 18.8. The Kier molecular flexibility index (Phi) is 3.78. The summed E-state index contributed by atoms with van der Waals surface area (Å²) in [5.74, 6) is 0. The first-order valence-electron chi connectivity index (χ1n) is 8.23. The second-order valence-corrected chi connectivity index (χ2v) is 9.63. The summed E-state index contributed by atoms with van der Waals surface area (Å²) in [7, 11) is -3.67. The minimum absolute atomic E-state index is 0.223. The molecule has 0 spiro atoms. The lowest BCUT2D eigenvalue weighted by Gasteiger charge is -2.22. The Morgan fingerprint density at radius 1 is 1.04 bits per heavy atom. The third kappa shape index (κ3) is 2.46. The highest BCUT2D eigenvalue weighted by Gasteiger charge is 2.39. The third-order valence-corrected chi connectivity index (χ3v) is 8.25. The van der Waals surface area contributed by atoms with Gasteiger partial charge in [-0.1, -0.05) is 18.2 Å². The predicted octanol–water partition coefficient (Wildman–Crippen LogP) is 3.83. The Bertz CT molecular complexity index is 1180. The quantitative estimate of drug-likeness (QED) is 0.521. The average Bonchev–Trinajstić information content (AvgIpc) is 3.38. The first-order chi connectivity index (χ1) is 12.6. The van der Waals surface area contributed by atoms with Gasteiger partial charge in [0.15, 0.2) is 0 Å². The molecule has 0 N–H and O–H groups in total. The van der Waals surface area contributed by atoms with E-state index in [0.29, 0.717) is 17.6 Å². The maximum Gasteiger partial charge on any atom is 0.245 e. The Morgan fingerprint density at radius 3 is 2.77 bits per heavy atom. The summed E-state index contributed by atoms with van der Waals surface area (Å²) >= 11 is 2.60. The molecular weight excluding hydrogens is 388 g/mol. The van der Waals surface area contributed by atoms with Gasteiger partial charge in [0.05, 0.1) is 28.0 Å². The zero-order valence-corrected chi connectivity index (χ0v) is 16.0. The number of thiazole rings is 1. The lowest BCUT2D eigenvalue weighted by molar-refractivity contribution is 0.396. The highest BCUT2D eigenvalue weighted by molar-refractivity contribution is 7.89. The minimum atomic E-state index is -3.67. The summed E-state index contributed by atoms with van der Waals surface area (Å²) in [4.78, 5) is 4.92. The van der Waals surface area contributed by atoms with E-state index in [4.69, 9.17) is 4.98 Å². The Morgan fingerprint density at radius 2 is 1.88 bits per heavy atom. The minimum Gasteiger partial charge on any atom is -0.239 e. The Balaban J connectivity index is 1.60. The fraction of sp³-hybridized carbons (Fsp3) is 0.235. The van der Waals surface area contributed by atoms with Gasteiger partial charge in [0, 0.05) is 6.54 Å². The largest absolute Gasteiger partial charge is 0.245 e. The van der Waals surface area contributed by atoms with Crippen LogP contribution < -0.4 is 0 Å². The van der Waals surface area contributed by atoms with Crippen LogP contribution in [0.1, 0.15) is 23.9 Å². The van der Waals surface area contributed by atoms with Crippen molar-refractivity contribution in [2.75, 3.05) is 6.54 Å². The lowest BCUT2D eigenvalue weighted by atomic mass is 10.2. The molecule has 9 heteroatoms. The van der Waals surface area contributed by atoms with Crippen LogP contribution in [0.15, 0.2) is 47.4 Å². The lowest BCUT2D eigenvalue weighted by Crippen LogP contribution is -2.30. The summed E-state index contributed by atoms with van der Waals surface area (Å²) in [5, 5.41) is 0.857. The van der Waals surface area contributed by atoms with E-state index in [-0.39, 0.29) is 10.9 Å². The van der Waals surface area contributed by atoms with Gasteiger partial charge in [0.2, 0.25) is 10.0 Å². The van der Waals surface area contributed by atoms with Crippen molar-refractivity contribution in [1.82, 2.24) is 18.0 Å². The van der Waals surface area contributed by atoms with Crippen LogP contribution in [0.4, 0.5) is 0 Å². The number of hydrogen-bond donors (Lipinski definition) is 0. The molecular formula is C17H14N4O2S3. The van der Waals surface area contributed by atoms with Crippen LogP contribution in [0.2, 0.25) is 0 Å². The standard InChI is InChI=1S/C17H14N4O2S3/c22-26(23,15-9-3-6-12-16(15)20-25-19-12)21-10-4-7-13(21)17-18-11-5-1-2-8-14(11)24-17/h1-3,5-6,8-9,13H,4,7,10H2. The van der Waals surface area contributed by atoms with Crippen LogP contribution in [0, 0.1) is 0 Å². The monoisotopic (exact) mass is 402 g/mol. The van der Waals surface area contributed by atoms with E-state index in [0.717, 1.165) is 39.8 Å². The third-order valence-electron chi connectivity index (χ3n) is 4.63. The van der Waals surface area contributed by atoms with Crippen LogP contribution >= 0.6 is 23.1 Å². The molecule has 26 heavy (non-hydrogen) atoms. The van der Waals surface area contributed by atoms with Gasteiger partial charge in [-0.15, -0.1) is 11.3 Å². The van der Waals surface area contributed by atoms with Crippen molar-refractivity contribution in [2.45, 2.75) is 23.8 Å². The number of aromatic nitrogens is 3. The van der Waals surface area contributed by atoms with Crippen LogP contribution in [-0.2, 0) is 10.0 Å². The molecule has 1 unspecified atom stereocenters. The van der Waals surface area contributed by atoms with Gasteiger partial charge in [-0.25, -0.2) is 13.4 Å². The number of fused-ring (bicyclic) bond motifs is 2. The zero-order chi connectivity index (χ0) is 17.7. The predicted molar refractivity (Wildman–Crippen MR) is 103 cm³/mol. The molecule has 0 radical (unpaired) electrons. The first kappa shape index (κ1) is 16.2. The molecule has 0 aliphatic carbocycles. The number of rotatable bonds is 3. The number of sulfonamides is 1. The molecule has 1 aliphatic rings. The van der Waals surface area contributed by atoms with Crippen molar-refractivity contribution in [3.05, 3.63) is 47.5 Å². The van der Waals surface area contributed by atoms with Crippen LogP contribution in [0.25, 0.3) is 21.3 Å². The van der Waals surface area contributed by atoms with Crippen LogP contribution in [0.3, 0.4) is 0 Å². The van der Waals surface area contributed by atoms with Gasteiger partial charge in [-0.2, -0.15) is 13.1 Å². The van der Waals surface area contributed by atoms with Gasteiger partial charge in [-0.3, -0.25) is 0 Å². The molecule has 132 valence electrons. The van der Waals surface area contributed by atoms with Crippen molar-refractivity contribution in [1.29, 1.82) is 0 Å². The molecule has 3 heterocycles. The number of hydrogen-bond acceptors (Lipinski definition) is 7. The number of para-hydroxylation sites is 1. The van der Waals surface area contributed by atoms with E-state index in [1.807, 2.05) is 24.3 Å². The average molecular weight is 403 g/mol. The summed E-state index contributed by atoms with van der Waals surface area (Å²) in [6.07, 6.45) is 1.61. The maximum absolute atomic E-state index is 13.4. The molecule has 2 aromatic heterocycles. The zero-order valence-electron chi connectivity index (χ0n) is 13.6. The summed E-state index contributed by atoms with van der Waals surface area (Å²) in [6.45, 7) is 0.497. The molecule has 0 saturated carbocycles. The number of benzene rings is 2. The van der Waals surface area contributed by atoms with Crippen molar-refractivity contribution < 1.29 is 8.42 Å². The van der Waals surface area contributed by atoms with E-state index < -0.39 is 10.0 Å². The first-order valence-corrected chi connectivity index (χ1v) is 11.2. The van der Waals surface area contributed by atoms with Crippen molar-refractivity contribution >= 4 is 54.3 Å². The maximum atomic E-state index is 13.4. The number of nitrogens with zero attached hydrogens (tertiary/aromatic N) is 4. The molecule has 0 bridgehead atoms. The van der Waals surface area contributed by atoms with E-state index in [9.17, 15) is 8.42 Å². The Hall–Kier alpha value is -1.94. The van der Waals surface area contributed by atoms with Gasteiger partial charge >= 0.3 is 0 Å². The molecule has 1 aliphatic heterocycles. The van der Waals surface area contributed by atoms with Gasteiger partial charge in [0.25, 0.3) is 0 Å². The van der Waals surface area contributed by atoms with Crippen molar-refractivity contribution in [3.8, 4) is 0 Å². The molecule has 1 saturated heterocycles. The summed E-state index contributed by atoms with van der Waals surface area (Å²) < 4.78 is 37.8. The van der Waals surface area contributed by atoms with Crippen molar-refractivity contribution in [2.24, 2.45) is 0 Å². The molecule has 5 rings (SSSR count). The van der Waals surface area contributed by atoms with Crippen LogP contribution in [-0.4, -0.2) is 33.0 Å². The van der Waals surface area contributed by atoms with Gasteiger partial charge in [0.1, 0.15) is 20.9 Å². The second kappa shape index (κ2) is 6.05. The molecule has 1 atom stereocenters. The van der Waals surface area contributed by atoms with E-state index in [1.54, 1.807) is 33.8 Å². The van der Waals surface area contributed by atoms with Crippen molar-refractivity contribution in [3.63, 3.8) is 0 Å². The molecule has 1 fully saturated rings. The topological polar surface area (TPSA) is 76.1 Å². The van der Waals surface area contributed by atoms with Gasteiger partial charge < -0.3 is 0 Å².